The third-order valence-corrected chi connectivity index (χ3v) is 3.61. The molecule has 6 heteroatoms. The van der Waals surface area contributed by atoms with Gasteiger partial charge in [0.15, 0.2) is 5.78 Å². The van der Waals surface area contributed by atoms with Gasteiger partial charge in [-0.05, 0) is 18.6 Å². The molecule has 0 spiro atoms. The number of carbonyl (C=O) groups excluding carboxylic acids is 2. The fourth-order valence-electron chi connectivity index (χ4n) is 2.74. The molecule has 0 saturated carbocycles. The molecule has 0 unspecified atom stereocenters. The summed E-state index contributed by atoms with van der Waals surface area (Å²) in [7, 11) is 0. The highest BCUT2D eigenvalue weighted by atomic mass is 16.2. The number of nitrogens with one attached hydrogen (secondary N) is 1. The van der Waals surface area contributed by atoms with Gasteiger partial charge in [-0.15, -0.1) is 0 Å². The van der Waals surface area contributed by atoms with Gasteiger partial charge in [0.1, 0.15) is 12.0 Å². The number of ketones is 1. The Labute approximate surface area is 115 Å². The Hall–Kier alpha value is -2.63. The number of amides is 1. The molecular formula is C14H14N4O2. The largest absolute Gasteiger partial charge is 0.335 e. The highest BCUT2D eigenvalue weighted by Gasteiger charge is 2.25. The van der Waals surface area contributed by atoms with Gasteiger partial charge in [-0.1, -0.05) is 12.1 Å². The standard InChI is InChI=1S/C14H14N4O2/c1-8-2-3-9-6-10(14(20)16-7-17-15)18-5-4-11(19)12(8)13(9)18/h2-3,6-7H,4-5,15H2,1H3,(H,16,17,20). The van der Waals surface area contributed by atoms with Crippen molar-refractivity contribution in [3.05, 3.63) is 35.0 Å². The number of hydrogen-bond donors (Lipinski definition) is 2. The lowest BCUT2D eigenvalue weighted by Crippen LogP contribution is -2.26. The molecule has 1 aromatic carbocycles. The molecule has 1 aliphatic rings. The maximum Gasteiger partial charge on any atom is 0.273 e. The summed E-state index contributed by atoms with van der Waals surface area (Å²) in [5.41, 5.74) is 3.02. The van der Waals surface area contributed by atoms with Crippen LogP contribution in [0.2, 0.25) is 0 Å². The number of aromatic nitrogens is 1. The molecule has 0 fully saturated rings. The van der Waals surface area contributed by atoms with E-state index in [0.717, 1.165) is 28.4 Å². The summed E-state index contributed by atoms with van der Waals surface area (Å²) in [4.78, 5) is 24.2. The average molecular weight is 270 g/mol. The van der Waals surface area contributed by atoms with Crippen LogP contribution in [-0.2, 0) is 6.54 Å². The molecule has 0 aliphatic carbocycles. The maximum absolute atomic E-state index is 12.1. The highest BCUT2D eigenvalue weighted by Crippen LogP contribution is 2.30. The van der Waals surface area contributed by atoms with Gasteiger partial charge in [-0.2, -0.15) is 5.10 Å². The topological polar surface area (TPSA) is 89.5 Å². The van der Waals surface area contributed by atoms with E-state index >= 15 is 0 Å². The molecule has 3 rings (SSSR count). The van der Waals surface area contributed by atoms with Gasteiger partial charge in [0.05, 0.1) is 5.52 Å². The zero-order valence-electron chi connectivity index (χ0n) is 11.0. The number of aryl methyl sites for hydroxylation is 2. The first-order valence-electron chi connectivity index (χ1n) is 6.32. The molecule has 6 nitrogen and oxygen atoms in total. The van der Waals surface area contributed by atoms with Crippen LogP contribution in [0.5, 0.6) is 0 Å². The minimum Gasteiger partial charge on any atom is -0.335 e. The maximum atomic E-state index is 12.1. The quantitative estimate of drug-likeness (QED) is 0.371. The average Bonchev–Trinajstić information content (AvgIpc) is 2.81. The number of Topliss-reactive ketones (excluding diaryl/α,β-unsaturated/α-hetero) is 1. The summed E-state index contributed by atoms with van der Waals surface area (Å²) in [6, 6.07) is 5.63. The number of hydrogen-bond acceptors (Lipinski definition) is 4. The molecule has 1 aliphatic heterocycles. The molecule has 102 valence electrons. The predicted molar refractivity (Wildman–Crippen MR) is 75.8 cm³/mol. The minimum absolute atomic E-state index is 0.133. The zero-order chi connectivity index (χ0) is 14.3. The van der Waals surface area contributed by atoms with Gasteiger partial charge in [-0.25, -0.2) is 0 Å². The fraction of sp³-hybridized carbons (Fsp3) is 0.214. The Morgan fingerprint density at radius 3 is 3.05 bits per heavy atom. The molecule has 1 aromatic heterocycles. The SMILES string of the molecule is Cc1ccc2cc(C(=O)NC=NN)n3c2c1C(=O)CC3. The van der Waals surface area contributed by atoms with Gasteiger partial charge in [0, 0.05) is 23.9 Å². The Morgan fingerprint density at radius 2 is 2.30 bits per heavy atom. The molecular weight excluding hydrogens is 256 g/mol. The first-order valence-corrected chi connectivity index (χ1v) is 6.32. The van der Waals surface area contributed by atoms with Crippen molar-refractivity contribution in [3.8, 4) is 0 Å². The van der Waals surface area contributed by atoms with Gasteiger partial charge in [0.25, 0.3) is 5.91 Å². The molecule has 20 heavy (non-hydrogen) atoms. The van der Waals surface area contributed by atoms with E-state index in [2.05, 4.69) is 10.4 Å². The Morgan fingerprint density at radius 1 is 1.50 bits per heavy atom. The Balaban J connectivity index is 2.23. The third kappa shape index (κ3) is 1.69. The van der Waals surface area contributed by atoms with Gasteiger partial charge in [-0.3, -0.25) is 9.59 Å². The van der Waals surface area contributed by atoms with E-state index < -0.39 is 0 Å². The van der Waals surface area contributed by atoms with Crippen LogP contribution in [0.3, 0.4) is 0 Å². The van der Waals surface area contributed by atoms with Gasteiger partial charge in [0.2, 0.25) is 0 Å². The van der Waals surface area contributed by atoms with E-state index in [1.54, 1.807) is 6.07 Å². The van der Waals surface area contributed by atoms with Crippen molar-refractivity contribution in [1.29, 1.82) is 0 Å². The van der Waals surface area contributed by atoms with Crippen molar-refractivity contribution in [2.24, 2.45) is 10.9 Å². The number of hydrazone groups is 1. The van der Waals surface area contributed by atoms with Crippen LogP contribution in [-0.4, -0.2) is 22.6 Å². The second-order valence-corrected chi connectivity index (χ2v) is 4.80. The summed E-state index contributed by atoms with van der Waals surface area (Å²) in [6.45, 7) is 2.43. The second kappa shape index (κ2) is 4.48. The molecule has 1 amide bonds. The zero-order valence-corrected chi connectivity index (χ0v) is 11.0. The van der Waals surface area contributed by atoms with Crippen LogP contribution in [0.4, 0.5) is 0 Å². The van der Waals surface area contributed by atoms with Gasteiger partial charge < -0.3 is 15.7 Å². The van der Waals surface area contributed by atoms with Crippen LogP contribution < -0.4 is 11.2 Å². The van der Waals surface area contributed by atoms with Crippen molar-refractivity contribution < 1.29 is 9.59 Å². The summed E-state index contributed by atoms with van der Waals surface area (Å²) in [5, 5.41) is 6.64. The number of carbonyl (C=O) groups is 2. The summed E-state index contributed by atoms with van der Waals surface area (Å²) < 4.78 is 1.89. The van der Waals surface area contributed by atoms with Crippen molar-refractivity contribution in [3.63, 3.8) is 0 Å². The monoisotopic (exact) mass is 270 g/mol. The molecule has 3 N–H and O–H groups in total. The van der Waals surface area contributed by atoms with E-state index in [1.165, 1.54) is 0 Å². The minimum atomic E-state index is -0.284. The van der Waals surface area contributed by atoms with Crippen LogP contribution in [0.15, 0.2) is 23.3 Å². The van der Waals surface area contributed by atoms with Crippen molar-refractivity contribution in [2.45, 2.75) is 19.9 Å². The smallest absolute Gasteiger partial charge is 0.273 e. The Bertz CT molecular complexity index is 758. The molecule has 0 radical (unpaired) electrons. The lowest BCUT2D eigenvalue weighted by atomic mass is 9.97. The fourth-order valence-corrected chi connectivity index (χ4v) is 2.74. The predicted octanol–water partition coefficient (Wildman–Crippen LogP) is 1.17. The third-order valence-electron chi connectivity index (χ3n) is 3.61. The van der Waals surface area contributed by atoms with E-state index in [1.807, 2.05) is 23.6 Å². The molecule has 0 bridgehead atoms. The summed E-state index contributed by atoms with van der Waals surface area (Å²) >= 11 is 0. The number of nitrogens with two attached hydrogens (primary N) is 1. The van der Waals surface area contributed by atoms with Crippen molar-refractivity contribution in [1.82, 2.24) is 9.88 Å². The van der Waals surface area contributed by atoms with Crippen LogP contribution >= 0.6 is 0 Å². The van der Waals surface area contributed by atoms with Crippen molar-refractivity contribution in [2.75, 3.05) is 0 Å². The summed E-state index contributed by atoms with van der Waals surface area (Å²) in [6.07, 6.45) is 1.56. The normalized spacial score (nSPS) is 14.2. The first kappa shape index (κ1) is 12.4. The van der Waals surface area contributed by atoms with Gasteiger partial charge >= 0.3 is 0 Å². The van der Waals surface area contributed by atoms with E-state index in [0.29, 0.717) is 18.7 Å². The number of rotatable bonds is 2. The summed E-state index contributed by atoms with van der Waals surface area (Å²) in [5.74, 6) is 4.83. The first-order chi connectivity index (χ1) is 9.63. The van der Waals surface area contributed by atoms with Crippen molar-refractivity contribution >= 4 is 28.9 Å². The van der Waals surface area contributed by atoms with E-state index in [9.17, 15) is 9.59 Å². The molecule has 0 atom stereocenters. The van der Waals surface area contributed by atoms with Crippen LogP contribution in [0.1, 0.15) is 32.8 Å². The lowest BCUT2D eigenvalue weighted by molar-refractivity contribution is 0.0947. The Kier molecular flexibility index (Phi) is 2.78. The molecule has 2 heterocycles. The van der Waals surface area contributed by atoms with E-state index in [4.69, 9.17) is 5.84 Å². The van der Waals surface area contributed by atoms with E-state index in [-0.39, 0.29) is 11.7 Å². The highest BCUT2D eigenvalue weighted by molar-refractivity contribution is 6.12. The number of nitrogens with zero attached hydrogens (tertiary/aromatic N) is 2. The number of benzene rings is 1. The molecule has 0 saturated heterocycles. The second-order valence-electron chi connectivity index (χ2n) is 4.80. The van der Waals surface area contributed by atoms with Crippen LogP contribution in [0, 0.1) is 6.92 Å². The van der Waals surface area contributed by atoms with Crippen LogP contribution in [0.25, 0.3) is 10.9 Å². The lowest BCUT2D eigenvalue weighted by Gasteiger charge is -2.18. The molecule has 2 aromatic rings.